The van der Waals surface area contributed by atoms with Crippen molar-refractivity contribution in [2.75, 3.05) is 7.11 Å². The first-order chi connectivity index (χ1) is 8.15. The molecule has 1 heterocycles. The molecule has 1 N–H and O–H groups in total. The first-order valence-electron chi connectivity index (χ1n) is 4.64. The van der Waals surface area contributed by atoms with Crippen molar-refractivity contribution in [2.24, 2.45) is 0 Å². The third kappa shape index (κ3) is 2.11. The number of carbonyl (C=O) groups is 1. The lowest BCUT2D eigenvalue weighted by molar-refractivity contribution is 0.0692. The van der Waals surface area contributed by atoms with Crippen molar-refractivity contribution in [2.45, 2.75) is 0 Å². The van der Waals surface area contributed by atoms with Crippen LogP contribution in [0.25, 0.3) is 10.4 Å². The van der Waals surface area contributed by atoms with Crippen LogP contribution in [0, 0.1) is 0 Å². The second-order valence-corrected chi connectivity index (χ2v) is 4.41. The molecule has 0 aliphatic heterocycles. The fraction of sp³-hybridized carbons (Fsp3) is 0.0909. The molecule has 0 saturated carbocycles. The number of thiazole rings is 1. The number of methoxy groups -OCH3 is 1. The highest BCUT2D eigenvalue weighted by atomic mass is 35.5. The minimum absolute atomic E-state index is 0.0126. The summed E-state index contributed by atoms with van der Waals surface area (Å²) in [4.78, 5) is 15.3. The van der Waals surface area contributed by atoms with Crippen LogP contribution >= 0.6 is 22.9 Å². The molecule has 0 aliphatic carbocycles. The molecule has 0 aliphatic rings. The fourth-order valence-electron chi connectivity index (χ4n) is 1.47. The molecule has 2 rings (SSSR count). The summed E-state index contributed by atoms with van der Waals surface area (Å²) in [5.74, 6) is -0.549. The lowest BCUT2D eigenvalue weighted by Crippen LogP contribution is -1.99. The molecule has 6 heteroatoms. The maximum absolute atomic E-state index is 11.0. The van der Waals surface area contributed by atoms with Crippen molar-refractivity contribution in [1.29, 1.82) is 0 Å². The molecular formula is C11H8ClNO3S. The Hall–Kier alpha value is -1.59. The number of carboxylic acid groups (broad SMARTS) is 1. The topological polar surface area (TPSA) is 59.4 Å². The van der Waals surface area contributed by atoms with Crippen LogP contribution in [0.15, 0.2) is 23.7 Å². The minimum Gasteiger partial charge on any atom is -0.496 e. The highest BCUT2D eigenvalue weighted by molar-refractivity contribution is 7.13. The number of nitrogens with zero attached hydrogens (tertiary/aromatic N) is 1. The largest absolute Gasteiger partial charge is 0.496 e. The lowest BCUT2D eigenvalue weighted by atomic mass is 10.1. The normalized spacial score (nSPS) is 10.2. The van der Waals surface area contributed by atoms with E-state index in [9.17, 15) is 4.79 Å². The molecule has 2 aromatic rings. The van der Waals surface area contributed by atoms with Crippen LogP contribution in [0.5, 0.6) is 5.75 Å². The van der Waals surface area contributed by atoms with Gasteiger partial charge in [0.25, 0.3) is 0 Å². The Balaban J connectivity index is 2.68. The Bertz CT molecular complexity index is 568. The SMILES string of the molecule is COc1cccc(Cl)c1-c1scnc1C(=O)O. The molecule has 1 aromatic heterocycles. The predicted molar refractivity (Wildman–Crippen MR) is 66.1 cm³/mol. The molecule has 88 valence electrons. The average molecular weight is 270 g/mol. The third-order valence-electron chi connectivity index (χ3n) is 2.19. The summed E-state index contributed by atoms with van der Waals surface area (Å²) in [5, 5.41) is 9.47. The maximum atomic E-state index is 11.0. The van der Waals surface area contributed by atoms with Gasteiger partial charge in [0.05, 0.1) is 28.1 Å². The molecule has 0 atom stereocenters. The molecule has 17 heavy (non-hydrogen) atoms. The summed E-state index contributed by atoms with van der Waals surface area (Å²) >= 11 is 7.30. The van der Waals surface area contributed by atoms with E-state index >= 15 is 0 Å². The van der Waals surface area contributed by atoms with E-state index in [0.29, 0.717) is 21.2 Å². The number of benzene rings is 1. The summed E-state index contributed by atoms with van der Waals surface area (Å²) in [7, 11) is 1.51. The molecule has 0 fully saturated rings. The van der Waals surface area contributed by atoms with Gasteiger partial charge in [0.15, 0.2) is 5.69 Å². The van der Waals surface area contributed by atoms with Gasteiger partial charge in [-0.2, -0.15) is 0 Å². The van der Waals surface area contributed by atoms with Gasteiger partial charge in [0, 0.05) is 0 Å². The summed E-state index contributed by atoms with van der Waals surface area (Å²) in [6.45, 7) is 0. The third-order valence-corrected chi connectivity index (χ3v) is 3.35. The molecule has 1 aromatic carbocycles. The van der Waals surface area contributed by atoms with Gasteiger partial charge in [0.2, 0.25) is 0 Å². The highest BCUT2D eigenvalue weighted by Crippen LogP contribution is 2.40. The summed E-state index contributed by atoms with van der Waals surface area (Å²) in [6.07, 6.45) is 0. The number of halogens is 1. The molecule has 0 spiro atoms. The van der Waals surface area contributed by atoms with E-state index in [2.05, 4.69) is 4.98 Å². The Morgan fingerprint density at radius 3 is 2.94 bits per heavy atom. The standard InChI is InChI=1S/C11H8ClNO3S/c1-16-7-4-2-3-6(12)8(7)10-9(11(14)15)13-5-17-10/h2-5H,1H3,(H,14,15). The van der Waals surface area contributed by atoms with Gasteiger partial charge in [-0.05, 0) is 12.1 Å². The van der Waals surface area contributed by atoms with Crippen molar-refractivity contribution in [3.63, 3.8) is 0 Å². The number of aromatic nitrogens is 1. The average Bonchev–Trinajstić information content (AvgIpc) is 2.77. The van der Waals surface area contributed by atoms with Gasteiger partial charge in [-0.1, -0.05) is 17.7 Å². The van der Waals surface area contributed by atoms with Gasteiger partial charge < -0.3 is 9.84 Å². The van der Waals surface area contributed by atoms with E-state index in [4.69, 9.17) is 21.4 Å². The Morgan fingerprint density at radius 2 is 2.29 bits per heavy atom. The maximum Gasteiger partial charge on any atom is 0.356 e. The second kappa shape index (κ2) is 4.73. The van der Waals surface area contributed by atoms with Crippen LogP contribution in [-0.2, 0) is 0 Å². The van der Waals surface area contributed by atoms with Gasteiger partial charge in [-0.3, -0.25) is 0 Å². The van der Waals surface area contributed by atoms with E-state index in [1.54, 1.807) is 18.2 Å². The summed E-state index contributed by atoms with van der Waals surface area (Å²) in [5.41, 5.74) is 2.03. The summed E-state index contributed by atoms with van der Waals surface area (Å²) < 4.78 is 5.19. The van der Waals surface area contributed by atoms with Crippen LogP contribution in [-0.4, -0.2) is 23.2 Å². The molecule has 0 amide bonds. The molecule has 0 unspecified atom stereocenters. The van der Waals surface area contributed by atoms with Gasteiger partial charge in [-0.25, -0.2) is 9.78 Å². The number of carboxylic acids is 1. The smallest absolute Gasteiger partial charge is 0.356 e. The van der Waals surface area contributed by atoms with E-state index in [1.807, 2.05) is 0 Å². The van der Waals surface area contributed by atoms with Crippen molar-refractivity contribution in [3.8, 4) is 16.2 Å². The minimum atomic E-state index is -1.08. The monoisotopic (exact) mass is 269 g/mol. The van der Waals surface area contributed by atoms with Crippen molar-refractivity contribution < 1.29 is 14.6 Å². The highest BCUT2D eigenvalue weighted by Gasteiger charge is 2.20. The molecule has 0 saturated heterocycles. The summed E-state index contributed by atoms with van der Waals surface area (Å²) in [6, 6.07) is 5.16. The lowest BCUT2D eigenvalue weighted by Gasteiger charge is -2.08. The number of rotatable bonds is 3. The quantitative estimate of drug-likeness (QED) is 0.930. The Labute approximate surface area is 106 Å². The predicted octanol–water partition coefficient (Wildman–Crippen LogP) is 3.17. The van der Waals surface area contributed by atoms with Crippen molar-refractivity contribution in [1.82, 2.24) is 4.98 Å². The number of ether oxygens (including phenoxy) is 1. The zero-order chi connectivity index (χ0) is 12.4. The van der Waals surface area contributed by atoms with Crippen LogP contribution in [0.2, 0.25) is 5.02 Å². The zero-order valence-corrected chi connectivity index (χ0v) is 10.4. The van der Waals surface area contributed by atoms with Gasteiger partial charge in [-0.15, -0.1) is 11.3 Å². The van der Waals surface area contributed by atoms with Gasteiger partial charge in [0.1, 0.15) is 5.75 Å². The van der Waals surface area contributed by atoms with Crippen molar-refractivity contribution in [3.05, 3.63) is 34.4 Å². The molecule has 4 nitrogen and oxygen atoms in total. The zero-order valence-electron chi connectivity index (χ0n) is 8.81. The number of aromatic carboxylic acids is 1. The van der Waals surface area contributed by atoms with Crippen LogP contribution < -0.4 is 4.74 Å². The Morgan fingerprint density at radius 1 is 1.53 bits per heavy atom. The van der Waals surface area contributed by atoms with Crippen LogP contribution in [0.4, 0.5) is 0 Å². The second-order valence-electron chi connectivity index (χ2n) is 3.15. The molecule has 0 radical (unpaired) electrons. The van der Waals surface area contributed by atoms with Crippen LogP contribution in [0.3, 0.4) is 0 Å². The number of hydrogen-bond acceptors (Lipinski definition) is 4. The number of hydrogen-bond donors (Lipinski definition) is 1. The Kier molecular flexibility index (Phi) is 3.31. The fourth-order valence-corrected chi connectivity index (χ4v) is 2.63. The first kappa shape index (κ1) is 11.9. The molecular weight excluding hydrogens is 262 g/mol. The van der Waals surface area contributed by atoms with Gasteiger partial charge >= 0.3 is 5.97 Å². The van der Waals surface area contributed by atoms with E-state index < -0.39 is 5.97 Å². The van der Waals surface area contributed by atoms with E-state index in [1.165, 1.54) is 24.0 Å². The van der Waals surface area contributed by atoms with E-state index in [-0.39, 0.29) is 5.69 Å². The molecule has 0 bridgehead atoms. The van der Waals surface area contributed by atoms with Crippen LogP contribution in [0.1, 0.15) is 10.5 Å². The van der Waals surface area contributed by atoms with E-state index in [0.717, 1.165) is 0 Å². The first-order valence-corrected chi connectivity index (χ1v) is 5.90. The van der Waals surface area contributed by atoms with Crippen molar-refractivity contribution >= 4 is 28.9 Å².